The summed E-state index contributed by atoms with van der Waals surface area (Å²) in [4.78, 5) is 35.7. The van der Waals surface area contributed by atoms with Crippen LogP contribution >= 0.6 is 0 Å². The second-order valence-electron chi connectivity index (χ2n) is 6.41. The number of amides is 2. The van der Waals surface area contributed by atoms with Crippen LogP contribution in [0.2, 0.25) is 0 Å². The van der Waals surface area contributed by atoms with Gasteiger partial charge in [-0.25, -0.2) is 0 Å². The van der Waals surface area contributed by atoms with Crippen molar-refractivity contribution in [2.45, 2.75) is 32.0 Å². The number of nitrogens with zero attached hydrogens (tertiary/aromatic N) is 4. The fraction of sp³-hybridized carbons (Fsp3) is 0.353. The molecule has 2 aromatic rings. The van der Waals surface area contributed by atoms with Crippen LogP contribution in [0.5, 0.6) is 0 Å². The molecule has 1 aromatic heterocycles. The maximum atomic E-state index is 12.1. The van der Waals surface area contributed by atoms with E-state index in [1.807, 2.05) is 23.1 Å². The van der Waals surface area contributed by atoms with Crippen molar-refractivity contribution in [2.75, 3.05) is 11.9 Å². The maximum Gasteiger partial charge on any atom is 0.389 e. The van der Waals surface area contributed by atoms with Crippen LogP contribution in [-0.2, 0) is 22.7 Å². The van der Waals surface area contributed by atoms with E-state index in [-0.39, 0.29) is 30.2 Å². The fourth-order valence-electron chi connectivity index (χ4n) is 3.20. The number of aromatic nitrogens is 2. The van der Waals surface area contributed by atoms with Crippen molar-refractivity contribution < 1.29 is 14.5 Å². The molecule has 1 aliphatic rings. The number of likely N-dealkylation sites (tertiary alicyclic amines) is 1. The Labute approximate surface area is 155 Å². The lowest BCUT2D eigenvalue weighted by molar-refractivity contribution is -0.389. The molecular weight excluding hydrogens is 352 g/mol. The van der Waals surface area contributed by atoms with Crippen LogP contribution in [0.4, 0.5) is 11.5 Å². The molecule has 0 radical (unpaired) electrons. The molecule has 1 unspecified atom stereocenters. The van der Waals surface area contributed by atoms with Gasteiger partial charge in [-0.15, -0.1) is 0 Å². The number of primary amides is 1. The van der Waals surface area contributed by atoms with Gasteiger partial charge in [0, 0.05) is 12.2 Å². The van der Waals surface area contributed by atoms with E-state index >= 15 is 0 Å². The van der Waals surface area contributed by atoms with Gasteiger partial charge in [-0.2, -0.15) is 4.68 Å². The van der Waals surface area contributed by atoms with Gasteiger partial charge in [0.1, 0.15) is 6.54 Å². The number of benzene rings is 1. The lowest BCUT2D eigenvalue weighted by Gasteiger charge is -2.22. The van der Waals surface area contributed by atoms with E-state index in [0.717, 1.165) is 24.9 Å². The predicted octanol–water partition coefficient (Wildman–Crippen LogP) is 0.880. The highest BCUT2D eigenvalue weighted by molar-refractivity contribution is 5.90. The van der Waals surface area contributed by atoms with Crippen LogP contribution in [0.25, 0.3) is 0 Å². The van der Waals surface area contributed by atoms with Crippen LogP contribution < -0.4 is 11.1 Å². The normalized spacial score (nSPS) is 17.0. The monoisotopic (exact) mass is 372 g/mol. The first-order valence-electron chi connectivity index (χ1n) is 8.52. The Morgan fingerprint density at radius 1 is 1.37 bits per heavy atom. The number of carbonyl (C=O) groups excluding carboxylic acids is 2. The van der Waals surface area contributed by atoms with Crippen molar-refractivity contribution in [3.05, 3.63) is 52.2 Å². The number of nitro groups is 1. The van der Waals surface area contributed by atoms with E-state index in [9.17, 15) is 19.7 Å². The van der Waals surface area contributed by atoms with Gasteiger partial charge in [-0.1, -0.05) is 12.1 Å². The minimum absolute atomic E-state index is 0.131. The van der Waals surface area contributed by atoms with E-state index < -0.39 is 4.92 Å². The minimum Gasteiger partial charge on any atom is -0.368 e. The molecule has 27 heavy (non-hydrogen) atoms. The molecule has 1 aromatic carbocycles. The Morgan fingerprint density at radius 3 is 2.89 bits per heavy atom. The molecule has 142 valence electrons. The number of hydrogen-bond acceptors (Lipinski definition) is 6. The molecular formula is C17H20N6O4. The molecule has 0 bridgehead atoms. The highest BCUT2D eigenvalue weighted by atomic mass is 16.6. The number of anilines is 1. The Hall–Kier alpha value is -3.27. The Balaban J connectivity index is 1.60. The molecule has 2 amide bonds. The summed E-state index contributed by atoms with van der Waals surface area (Å²) in [7, 11) is 0. The highest BCUT2D eigenvalue weighted by Gasteiger charge is 2.28. The second-order valence-corrected chi connectivity index (χ2v) is 6.41. The first-order valence-corrected chi connectivity index (χ1v) is 8.52. The number of nitrogens with two attached hydrogens (primary N) is 1. The first-order chi connectivity index (χ1) is 12.9. The van der Waals surface area contributed by atoms with Crippen molar-refractivity contribution in [3.63, 3.8) is 0 Å². The summed E-state index contributed by atoms with van der Waals surface area (Å²) < 4.78 is 1.21. The van der Waals surface area contributed by atoms with Gasteiger partial charge < -0.3 is 21.2 Å². The predicted molar refractivity (Wildman–Crippen MR) is 96.6 cm³/mol. The Morgan fingerprint density at radius 2 is 2.19 bits per heavy atom. The third-order valence-electron chi connectivity index (χ3n) is 4.41. The molecule has 0 aliphatic carbocycles. The van der Waals surface area contributed by atoms with Crippen molar-refractivity contribution in [1.82, 2.24) is 14.7 Å². The van der Waals surface area contributed by atoms with E-state index in [0.29, 0.717) is 12.2 Å². The summed E-state index contributed by atoms with van der Waals surface area (Å²) in [5, 5.41) is 17.1. The average molecular weight is 372 g/mol. The van der Waals surface area contributed by atoms with Crippen molar-refractivity contribution in [3.8, 4) is 0 Å². The SMILES string of the molecule is NC(=O)C1CCCN1Cc1cccc(NC(=O)Cn2ccc([N+](=O)[O-])n2)c1. The quantitative estimate of drug-likeness (QED) is 0.547. The van der Waals surface area contributed by atoms with Crippen molar-refractivity contribution >= 4 is 23.3 Å². The van der Waals surface area contributed by atoms with Gasteiger partial charge in [0.2, 0.25) is 11.8 Å². The van der Waals surface area contributed by atoms with Crippen molar-refractivity contribution in [2.24, 2.45) is 5.73 Å². The summed E-state index contributed by atoms with van der Waals surface area (Å²) >= 11 is 0. The lowest BCUT2D eigenvalue weighted by Crippen LogP contribution is -2.39. The number of hydrogen-bond donors (Lipinski definition) is 2. The summed E-state index contributed by atoms with van der Waals surface area (Å²) in [6, 6.07) is 8.31. The largest absolute Gasteiger partial charge is 0.389 e. The average Bonchev–Trinajstić information content (AvgIpc) is 3.24. The number of nitrogens with one attached hydrogen (secondary N) is 1. The number of rotatable bonds is 7. The van der Waals surface area contributed by atoms with E-state index in [1.165, 1.54) is 16.9 Å². The Bertz CT molecular complexity index is 865. The topological polar surface area (TPSA) is 136 Å². The van der Waals surface area contributed by atoms with Crippen LogP contribution in [0, 0.1) is 10.1 Å². The van der Waals surface area contributed by atoms with Crippen LogP contribution in [0.15, 0.2) is 36.5 Å². The molecule has 1 aliphatic heterocycles. The zero-order valence-electron chi connectivity index (χ0n) is 14.6. The van der Waals surface area contributed by atoms with Gasteiger partial charge in [-0.3, -0.25) is 14.5 Å². The van der Waals surface area contributed by atoms with Gasteiger partial charge >= 0.3 is 5.82 Å². The van der Waals surface area contributed by atoms with Gasteiger partial charge in [0.05, 0.1) is 23.4 Å². The van der Waals surface area contributed by atoms with Gasteiger partial charge in [0.25, 0.3) is 0 Å². The molecule has 10 nitrogen and oxygen atoms in total. The smallest absolute Gasteiger partial charge is 0.368 e. The second kappa shape index (κ2) is 7.96. The standard InChI is InChI=1S/C17H20N6O4/c18-17(25)14-5-2-7-21(14)10-12-3-1-4-13(9-12)19-16(24)11-22-8-6-15(20-22)23(26)27/h1,3-4,6,8-9,14H,2,5,7,10-11H2,(H2,18,25)(H,19,24). The van der Waals surface area contributed by atoms with Crippen molar-refractivity contribution in [1.29, 1.82) is 0 Å². The lowest BCUT2D eigenvalue weighted by atomic mass is 10.1. The zero-order valence-corrected chi connectivity index (χ0v) is 14.6. The molecule has 1 fully saturated rings. The molecule has 2 heterocycles. The molecule has 3 N–H and O–H groups in total. The summed E-state index contributed by atoms with van der Waals surface area (Å²) in [5.74, 6) is -0.967. The molecule has 1 atom stereocenters. The summed E-state index contributed by atoms with van der Waals surface area (Å²) in [6.07, 6.45) is 3.08. The maximum absolute atomic E-state index is 12.1. The van der Waals surface area contributed by atoms with E-state index in [1.54, 1.807) is 6.07 Å². The number of carbonyl (C=O) groups is 2. The van der Waals surface area contributed by atoms with Crippen LogP contribution in [0.1, 0.15) is 18.4 Å². The summed E-state index contributed by atoms with van der Waals surface area (Å²) in [6.45, 7) is 1.25. The fourth-order valence-corrected chi connectivity index (χ4v) is 3.20. The molecule has 0 saturated carbocycles. The van der Waals surface area contributed by atoms with Gasteiger partial charge in [0.15, 0.2) is 0 Å². The minimum atomic E-state index is -0.615. The van der Waals surface area contributed by atoms with Crippen LogP contribution in [-0.4, -0.2) is 44.0 Å². The zero-order chi connectivity index (χ0) is 19.4. The Kier molecular flexibility index (Phi) is 5.46. The van der Waals surface area contributed by atoms with Crippen LogP contribution in [0.3, 0.4) is 0 Å². The highest BCUT2D eigenvalue weighted by Crippen LogP contribution is 2.21. The van der Waals surface area contributed by atoms with E-state index in [4.69, 9.17) is 5.73 Å². The summed E-state index contributed by atoms with van der Waals surface area (Å²) in [5.41, 5.74) is 7.00. The van der Waals surface area contributed by atoms with Gasteiger partial charge in [-0.05, 0) is 42.0 Å². The first kappa shape index (κ1) is 18.5. The third kappa shape index (κ3) is 4.67. The third-order valence-corrected chi connectivity index (χ3v) is 4.41. The molecule has 10 heteroatoms. The molecule has 1 saturated heterocycles. The molecule has 0 spiro atoms. The van der Waals surface area contributed by atoms with E-state index in [2.05, 4.69) is 10.4 Å². The molecule has 3 rings (SSSR count).